The normalized spacial score (nSPS) is 0. The Hall–Kier alpha value is 1.36. The Morgan fingerprint density at radius 2 is 0.429 bits per heavy atom. The van der Waals surface area contributed by atoms with Gasteiger partial charge >= 0.3 is 50.3 Å². The van der Waals surface area contributed by atoms with E-state index in [0.717, 1.165) is 0 Å². The first-order chi connectivity index (χ1) is 0. The molecule has 0 saturated heterocycles. The summed E-state index contributed by atoms with van der Waals surface area (Å²) in [5.41, 5.74) is 0. The van der Waals surface area contributed by atoms with Crippen LogP contribution in [-0.4, -0.2) is 0 Å². The fourth-order valence-corrected chi connectivity index (χ4v) is 0. The first-order valence-corrected chi connectivity index (χ1v) is 0. The van der Waals surface area contributed by atoms with Crippen molar-refractivity contribution < 1.29 is 72.2 Å². The maximum atomic E-state index is 0. The van der Waals surface area contributed by atoms with Crippen molar-refractivity contribution in [1.82, 2.24) is 0 Å². The van der Waals surface area contributed by atoms with E-state index in [1.165, 1.54) is 0 Å². The molecule has 7 heteroatoms. The quantitative estimate of drug-likeness (QED) is 0.544. The Bertz CT molecular complexity index is 6.90. The van der Waals surface area contributed by atoms with Gasteiger partial charge < -0.3 is 21.9 Å². The Morgan fingerprint density at radius 3 is 0.429 bits per heavy atom. The van der Waals surface area contributed by atoms with Crippen LogP contribution in [0.3, 0.4) is 0 Å². The second-order valence-corrected chi connectivity index (χ2v) is 0. The van der Waals surface area contributed by atoms with Gasteiger partial charge in [-0.2, -0.15) is 0 Å². The third-order valence-electron chi connectivity index (χ3n) is 0. The SMILES string of the molecule is [Co+2].[Co+3].[Co+3].[O-2].[O-2].[O-2].[O-2]. The molecule has 0 aliphatic carbocycles. The summed E-state index contributed by atoms with van der Waals surface area (Å²) in [6.45, 7) is 0. The van der Waals surface area contributed by atoms with E-state index in [2.05, 4.69) is 0 Å². The zero-order valence-electron chi connectivity index (χ0n) is 2.63. The average Bonchev–Trinajstić information content (AvgIpc) is 0. The van der Waals surface area contributed by atoms with Crippen LogP contribution in [-0.2, 0) is 72.2 Å². The minimum atomic E-state index is 0. The molecule has 0 N–H and O–H groups in total. The monoisotopic (exact) mass is 241 g/mol. The summed E-state index contributed by atoms with van der Waals surface area (Å²) < 4.78 is 0. The molecule has 0 saturated carbocycles. The fourth-order valence-electron chi connectivity index (χ4n) is 0. The Labute approximate surface area is 72.3 Å². The first-order valence-electron chi connectivity index (χ1n) is 0. The van der Waals surface area contributed by atoms with Gasteiger partial charge in [-0.25, -0.2) is 0 Å². The van der Waals surface area contributed by atoms with Gasteiger partial charge in [0.05, 0.1) is 0 Å². The molecule has 0 rings (SSSR count). The molecule has 0 aromatic rings. The Kier molecular flexibility index (Phi) is 5640. The van der Waals surface area contributed by atoms with E-state index >= 15 is 0 Å². The molecular weight excluding hydrogens is 241 g/mol. The van der Waals surface area contributed by atoms with E-state index in [1.54, 1.807) is 0 Å². The van der Waals surface area contributed by atoms with Gasteiger partial charge in [0.15, 0.2) is 0 Å². The average molecular weight is 241 g/mol. The van der Waals surface area contributed by atoms with Gasteiger partial charge in [-0.3, -0.25) is 0 Å². The topological polar surface area (TPSA) is 114 Å². The molecule has 0 bridgehead atoms. The maximum absolute atomic E-state index is 0. The van der Waals surface area contributed by atoms with Gasteiger partial charge in [0.2, 0.25) is 0 Å². The molecule has 0 aliphatic heterocycles. The molecule has 0 heterocycles. The summed E-state index contributed by atoms with van der Waals surface area (Å²) in [4.78, 5) is 0. The van der Waals surface area contributed by atoms with E-state index in [0.29, 0.717) is 0 Å². The van der Waals surface area contributed by atoms with Crippen LogP contribution in [0.15, 0.2) is 0 Å². The summed E-state index contributed by atoms with van der Waals surface area (Å²) in [6, 6.07) is 0. The van der Waals surface area contributed by atoms with Gasteiger partial charge in [0, 0.05) is 0 Å². The van der Waals surface area contributed by atoms with Gasteiger partial charge in [0.25, 0.3) is 0 Å². The summed E-state index contributed by atoms with van der Waals surface area (Å²) in [7, 11) is 0. The van der Waals surface area contributed by atoms with E-state index in [-0.39, 0.29) is 72.2 Å². The van der Waals surface area contributed by atoms with Crippen molar-refractivity contribution in [2.45, 2.75) is 0 Å². The van der Waals surface area contributed by atoms with Crippen LogP contribution in [0, 0.1) is 0 Å². The summed E-state index contributed by atoms with van der Waals surface area (Å²) >= 11 is 0. The van der Waals surface area contributed by atoms with Crippen LogP contribution in [0.5, 0.6) is 0 Å². The van der Waals surface area contributed by atoms with Crippen molar-refractivity contribution in [3.63, 3.8) is 0 Å². The largest absolute Gasteiger partial charge is 3.00 e. The Balaban J connectivity index is 0. The molecule has 51 valence electrons. The molecule has 0 fully saturated rings. The number of rotatable bonds is 0. The zero-order valence-corrected chi connectivity index (χ0v) is 5.76. The number of hydrogen-bond donors (Lipinski definition) is 0. The fraction of sp³-hybridized carbons (Fsp3) is 0. The van der Waals surface area contributed by atoms with Crippen molar-refractivity contribution in [2.75, 3.05) is 0 Å². The van der Waals surface area contributed by atoms with Crippen molar-refractivity contribution in [3.05, 3.63) is 0 Å². The van der Waals surface area contributed by atoms with Crippen LogP contribution in [0.4, 0.5) is 0 Å². The molecule has 0 aliphatic rings. The molecule has 0 aromatic heterocycles. The molecule has 0 unspecified atom stereocenters. The second-order valence-electron chi connectivity index (χ2n) is 0. The maximum Gasteiger partial charge on any atom is 3.00 e. The predicted octanol–water partition coefficient (Wildman–Crippen LogP) is -0.483. The third kappa shape index (κ3) is 114. The molecule has 7 heavy (non-hydrogen) atoms. The summed E-state index contributed by atoms with van der Waals surface area (Å²) in [5, 5.41) is 0. The standard InChI is InChI=1S/3Co.4O/q+2;2*+3;4*-2. The van der Waals surface area contributed by atoms with Crippen LogP contribution in [0.25, 0.3) is 0 Å². The van der Waals surface area contributed by atoms with Crippen molar-refractivity contribution >= 4 is 0 Å². The predicted molar refractivity (Wildman–Crippen MR) is 2.75 cm³/mol. The summed E-state index contributed by atoms with van der Waals surface area (Å²) in [5.74, 6) is 0. The molecule has 0 atom stereocenters. The van der Waals surface area contributed by atoms with E-state index in [1.807, 2.05) is 0 Å². The van der Waals surface area contributed by atoms with Crippen LogP contribution in [0.1, 0.15) is 0 Å². The van der Waals surface area contributed by atoms with E-state index in [9.17, 15) is 0 Å². The van der Waals surface area contributed by atoms with Crippen LogP contribution < -0.4 is 0 Å². The van der Waals surface area contributed by atoms with Crippen molar-refractivity contribution in [3.8, 4) is 0 Å². The van der Waals surface area contributed by atoms with Gasteiger partial charge in [-0.15, -0.1) is 0 Å². The second kappa shape index (κ2) is 161. The van der Waals surface area contributed by atoms with E-state index in [4.69, 9.17) is 0 Å². The van der Waals surface area contributed by atoms with Crippen molar-refractivity contribution in [2.24, 2.45) is 0 Å². The minimum absolute atomic E-state index is 0. The first kappa shape index (κ1) is 245. The molecule has 0 spiro atoms. The molecule has 4 nitrogen and oxygen atoms in total. The van der Waals surface area contributed by atoms with E-state index < -0.39 is 0 Å². The Morgan fingerprint density at radius 1 is 0.429 bits per heavy atom. The molecule has 1 radical (unpaired) electrons. The van der Waals surface area contributed by atoms with Crippen molar-refractivity contribution in [1.29, 1.82) is 0 Å². The minimum Gasteiger partial charge on any atom is -2.00 e. The van der Waals surface area contributed by atoms with Crippen LogP contribution >= 0.6 is 0 Å². The van der Waals surface area contributed by atoms with Crippen LogP contribution in [0.2, 0.25) is 0 Å². The third-order valence-corrected chi connectivity index (χ3v) is 0. The summed E-state index contributed by atoms with van der Waals surface area (Å²) in [6.07, 6.45) is 0. The molecule has 0 amide bonds. The van der Waals surface area contributed by atoms with Gasteiger partial charge in [-0.1, -0.05) is 0 Å². The van der Waals surface area contributed by atoms with Gasteiger partial charge in [0.1, 0.15) is 0 Å². The van der Waals surface area contributed by atoms with Gasteiger partial charge in [-0.05, 0) is 0 Å². The molecule has 0 aromatic carbocycles. The molecular formula is Co3O4. The smallest absolute Gasteiger partial charge is 2.00 e. The number of hydrogen-bond acceptors (Lipinski definition) is 0. The zero-order chi connectivity index (χ0) is 0.